The Balaban J connectivity index is 1.53. The van der Waals surface area contributed by atoms with Crippen LogP contribution in [0.1, 0.15) is 19.8 Å². The summed E-state index contributed by atoms with van der Waals surface area (Å²) in [6.45, 7) is 1.97. The van der Waals surface area contributed by atoms with Crippen LogP contribution in [0.4, 0.5) is 0 Å². The molecular weight excluding hydrogens is 290 g/mol. The van der Waals surface area contributed by atoms with Crippen LogP contribution in [0.25, 0.3) is 10.2 Å². The number of carbonyl (C=O) groups excluding carboxylic acids is 1. The SMILES string of the molecule is C/C(=N/NC(=O)CSc1nc2ccccc2s1)C1CC1. The Labute approximate surface area is 125 Å². The highest BCUT2D eigenvalue weighted by atomic mass is 32.2. The molecule has 4 nitrogen and oxygen atoms in total. The van der Waals surface area contributed by atoms with Crippen molar-refractivity contribution in [2.75, 3.05) is 5.75 Å². The number of carbonyl (C=O) groups is 1. The van der Waals surface area contributed by atoms with E-state index in [2.05, 4.69) is 15.5 Å². The molecule has 0 atom stereocenters. The van der Waals surface area contributed by atoms with Gasteiger partial charge in [0.05, 0.1) is 16.0 Å². The molecule has 3 rings (SSSR count). The molecule has 1 aromatic heterocycles. The van der Waals surface area contributed by atoms with Crippen molar-refractivity contribution in [3.8, 4) is 0 Å². The van der Waals surface area contributed by atoms with Gasteiger partial charge in [0.15, 0.2) is 4.34 Å². The van der Waals surface area contributed by atoms with Crippen LogP contribution in [-0.4, -0.2) is 22.4 Å². The summed E-state index contributed by atoms with van der Waals surface area (Å²) >= 11 is 3.07. The van der Waals surface area contributed by atoms with E-state index in [-0.39, 0.29) is 5.91 Å². The van der Waals surface area contributed by atoms with Gasteiger partial charge < -0.3 is 0 Å². The Morgan fingerprint density at radius 2 is 2.30 bits per heavy atom. The fourth-order valence-corrected chi connectivity index (χ4v) is 3.68. The molecule has 104 valence electrons. The highest BCUT2D eigenvalue weighted by Crippen LogP contribution is 2.30. The second kappa shape index (κ2) is 5.93. The summed E-state index contributed by atoms with van der Waals surface area (Å²) in [6, 6.07) is 8.00. The van der Waals surface area contributed by atoms with E-state index >= 15 is 0 Å². The van der Waals surface area contributed by atoms with Crippen molar-refractivity contribution in [1.29, 1.82) is 0 Å². The van der Waals surface area contributed by atoms with E-state index in [1.165, 1.54) is 24.6 Å². The predicted molar refractivity (Wildman–Crippen MR) is 84.3 cm³/mol. The predicted octanol–water partition coefficient (Wildman–Crippen LogP) is 3.29. The van der Waals surface area contributed by atoms with Crippen molar-refractivity contribution in [3.63, 3.8) is 0 Å². The number of thiazole rings is 1. The van der Waals surface area contributed by atoms with Crippen molar-refractivity contribution in [1.82, 2.24) is 10.4 Å². The molecule has 1 aliphatic rings. The molecule has 6 heteroatoms. The van der Waals surface area contributed by atoms with Gasteiger partial charge in [-0.2, -0.15) is 5.10 Å². The third-order valence-corrected chi connectivity index (χ3v) is 5.31. The molecule has 1 aliphatic carbocycles. The summed E-state index contributed by atoms with van der Waals surface area (Å²) in [4.78, 5) is 16.2. The summed E-state index contributed by atoms with van der Waals surface area (Å²) in [7, 11) is 0. The van der Waals surface area contributed by atoms with Gasteiger partial charge in [0, 0.05) is 5.71 Å². The molecule has 2 aromatic rings. The molecule has 0 aliphatic heterocycles. The zero-order valence-corrected chi connectivity index (χ0v) is 12.8. The number of rotatable bonds is 5. The van der Waals surface area contributed by atoms with Crippen LogP contribution >= 0.6 is 23.1 Å². The van der Waals surface area contributed by atoms with Gasteiger partial charge in [0.2, 0.25) is 0 Å². The Morgan fingerprint density at radius 1 is 1.50 bits per heavy atom. The van der Waals surface area contributed by atoms with Crippen LogP contribution < -0.4 is 5.43 Å². The number of nitrogens with one attached hydrogen (secondary N) is 1. The van der Waals surface area contributed by atoms with Crippen LogP contribution in [0.2, 0.25) is 0 Å². The van der Waals surface area contributed by atoms with Crippen molar-refractivity contribution in [2.45, 2.75) is 24.1 Å². The van der Waals surface area contributed by atoms with Crippen molar-refractivity contribution in [2.24, 2.45) is 11.0 Å². The highest BCUT2D eigenvalue weighted by molar-refractivity contribution is 8.01. The maximum atomic E-state index is 11.7. The first kappa shape index (κ1) is 13.6. The van der Waals surface area contributed by atoms with E-state index in [0.29, 0.717) is 11.7 Å². The summed E-state index contributed by atoms with van der Waals surface area (Å²) in [5.74, 6) is 0.864. The zero-order valence-electron chi connectivity index (χ0n) is 11.1. The maximum absolute atomic E-state index is 11.7. The van der Waals surface area contributed by atoms with E-state index in [4.69, 9.17) is 0 Å². The summed E-state index contributed by atoms with van der Waals surface area (Å²) < 4.78 is 2.07. The average Bonchev–Trinajstić information content (AvgIpc) is 3.22. The molecule has 1 saturated carbocycles. The Bertz CT molecular complexity index is 628. The van der Waals surface area contributed by atoms with E-state index in [0.717, 1.165) is 20.3 Å². The average molecular weight is 305 g/mol. The summed E-state index contributed by atoms with van der Waals surface area (Å²) in [5.41, 5.74) is 4.63. The molecular formula is C14H15N3OS2. The molecule has 20 heavy (non-hydrogen) atoms. The quantitative estimate of drug-likeness (QED) is 0.524. The molecule has 1 heterocycles. The van der Waals surface area contributed by atoms with Gasteiger partial charge in [-0.1, -0.05) is 23.9 Å². The minimum Gasteiger partial charge on any atom is -0.272 e. The summed E-state index contributed by atoms with van der Waals surface area (Å²) in [5, 5.41) is 4.13. The lowest BCUT2D eigenvalue weighted by Crippen LogP contribution is -2.21. The first-order valence-corrected chi connectivity index (χ1v) is 8.34. The number of benzene rings is 1. The molecule has 0 radical (unpaired) electrons. The largest absolute Gasteiger partial charge is 0.272 e. The number of para-hydroxylation sites is 1. The van der Waals surface area contributed by atoms with Crippen LogP contribution in [0.3, 0.4) is 0 Å². The van der Waals surface area contributed by atoms with Crippen molar-refractivity contribution >= 4 is 44.9 Å². The maximum Gasteiger partial charge on any atom is 0.250 e. The lowest BCUT2D eigenvalue weighted by molar-refractivity contribution is -0.118. The standard InChI is InChI=1S/C14H15N3OS2/c1-9(10-6-7-10)16-17-13(18)8-19-14-15-11-4-2-3-5-12(11)20-14/h2-5,10H,6-8H2,1H3,(H,17,18)/b16-9-. The van der Waals surface area contributed by atoms with E-state index in [9.17, 15) is 4.79 Å². The lowest BCUT2D eigenvalue weighted by Gasteiger charge is -2.00. The molecule has 1 aromatic carbocycles. The van der Waals surface area contributed by atoms with E-state index in [1.54, 1.807) is 11.3 Å². The number of amides is 1. The molecule has 0 saturated heterocycles. The van der Waals surface area contributed by atoms with Gasteiger partial charge in [-0.25, -0.2) is 10.4 Å². The number of hydrogen-bond donors (Lipinski definition) is 1. The molecule has 1 amide bonds. The number of thioether (sulfide) groups is 1. The Hall–Kier alpha value is -1.40. The van der Waals surface area contributed by atoms with Crippen LogP contribution in [0.5, 0.6) is 0 Å². The number of fused-ring (bicyclic) bond motifs is 1. The minimum atomic E-state index is -0.0748. The number of aromatic nitrogens is 1. The minimum absolute atomic E-state index is 0.0748. The second-order valence-corrected chi connectivity index (χ2v) is 7.05. The van der Waals surface area contributed by atoms with Gasteiger partial charge in [-0.05, 0) is 37.8 Å². The van der Waals surface area contributed by atoms with Gasteiger partial charge in [-0.15, -0.1) is 11.3 Å². The van der Waals surface area contributed by atoms with Crippen LogP contribution in [0.15, 0.2) is 33.7 Å². The highest BCUT2D eigenvalue weighted by Gasteiger charge is 2.24. The third-order valence-electron chi connectivity index (χ3n) is 3.13. The Kier molecular flexibility index (Phi) is 4.03. The number of nitrogens with zero attached hydrogens (tertiary/aromatic N) is 2. The third kappa shape index (κ3) is 3.37. The van der Waals surface area contributed by atoms with E-state index in [1.807, 2.05) is 31.2 Å². The van der Waals surface area contributed by atoms with Crippen molar-refractivity contribution < 1.29 is 4.79 Å². The monoisotopic (exact) mass is 305 g/mol. The van der Waals surface area contributed by atoms with Gasteiger partial charge in [0.1, 0.15) is 0 Å². The smallest absolute Gasteiger partial charge is 0.250 e. The zero-order chi connectivity index (χ0) is 13.9. The van der Waals surface area contributed by atoms with Crippen LogP contribution in [-0.2, 0) is 4.79 Å². The van der Waals surface area contributed by atoms with E-state index < -0.39 is 0 Å². The molecule has 1 N–H and O–H groups in total. The first-order chi connectivity index (χ1) is 9.72. The molecule has 0 spiro atoms. The fourth-order valence-electron chi connectivity index (χ4n) is 1.82. The van der Waals surface area contributed by atoms with Gasteiger partial charge >= 0.3 is 0 Å². The first-order valence-electron chi connectivity index (χ1n) is 6.54. The van der Waals surface area contributed by atoms with Gasteiger partial charge in [0.25, 0.3) is 5.91 Å². The molecule has 0 unspecified atom stereocenters. The Morgan fingerprint density at radius 3 is 3.05 bits per heavy atom. The number of hydrogen-bond acceptors (Lipinski definition) is 5. The van der Waals surface area contributed by atoms with Crippen molar-refractivity contribution in [3.05, 3.63) is 24.3 Å². The fraction of sp³-hybridized carbons (Fsp3) is 0.357. The summed E-state index contributed by atoms with van der Waals surface area (Å²) in [6.07, 6.45) is 2.40. The van der Waals surface area contributed by atoms with Crippen LogP contribution in [0, 0.1) is 5.92 Å². The second-order valence-electron chi connectivity index (χ2n) is 4.80. The molecule has 1 fully saturated rings. The topological polar surface area (TPSA) is 54.4 Å². The van der Waals surface area contributed by atoms with Gasteiger partial charge in [-0.3, -0.25) is 4.79 Å². The molecule has 0 bridgehead atoms. The number of hydrazone groups is 1. The normalized spacial score (nSPS) is 15.6. The lowest BCUT2D eigenvalue weighted by atomic mass is 10.3.